The number of aryl methyl sites for hydroxylation is 1. The molecule has 0 saturated carbocycles. The Morgan fingerprint density at radius 3 is 2.30 bits per heavy atom. The summed E-state index contributed by atoms with van der Waals surface area (Å²) < 4.78 is 5.40. The fraction of sp³-hybridized carbons (Fsp3) is 0.308. The van der Waals surface area contributed by atoms with E-state index in [1.807, 2.05) is 30.3 Å². The molecule has 0 amide bonds. The molecule has 0 bridgehead atoms. The largest absolute Gasteiger partial charge is 0.504 e. The summed E-state index contributed by atoms with van der Waals surface area (Å²) in [5.74, 6) is 0.813. The minimum Gasteiger partial charge on any atom is -0.504 e. The van der Waals surface area contributed by atoms with Gasteiger partial charge in [-0.25, -0.2) is 0 Å². The molecule has 1 unspecified atom stereocenters. The maximum absolute atomic E-state index is 10.9. The van der Waals surface area contributed by atoms with Crippen molar-refractivity contribution in [1.29, 1.82) is 0 Å². The number of rotatable bonds is 9. The Hall–Kier alpha value is -2.51. The second kappa shape index (κ2) is 10.00. The molecular weight excluding hydrogens is 389 g/mol. The number of para-hydroxylation sites is 2. The number of hydrogen-bond donors (Lipinski definition) is 2. The topological polar surface area (TPSA) is 41.5 Å². The third-order valence-electron chi connectivity index (χ3n) is 5.92. The molecule has 2 N–H and O–H groups in total. The highest BCUT2D eigenvalue weighted by molar-refractivity contribution is 7.48. The van der Waals surface area contributed by atoms with E-state index in [0.29, 0.717) is 14.3 Å². The van der Waals surface area contributed by atoms with Crippen LogP contribution in [-0.4, -0.2) is 12.2 Å². The van der Waals surface area contributed by atoms with E-state index in [0.717, 1.165) is 30.6 Å². The van der Waals surface area contributed by atoms with Gasteiger partial charge >= 0.3 is 0 Å². The molecule has 3 nitrogen and oxygen atoms in total. The van der Waals surface area contributed by atoms with Crippen LogP contribution in [0, 0.1) is 6.92 Å². The van der Waals surface area contributed by atoms with E-state index in [4.69, 9.17) is 4.74 Å². The number of phenolic OH excluding ortho intramolecular Hbond substituents is 1. The third-order valence-corrected chi connectivity index (χ3v) is 8.34. The highest BCUT2D eigenvalue weighted by atomic mass is 31.1. The lowest BCUT2D eigenvalue weighted by Crippen LogP contribution is -2.25. The van der Waals surface area contributed by atoms with Gasteiger partial charge in [-0.15, -0.1) is 0 Å². The Balaban J connectivity index is 1.98. The first-order chi connectivity index (χ1) is 14.5. The summed E-state index contributed by atoms with van der Waals surface area (Å²) in [5.41, 5.74) is 4.71. The average molecular weight is 422 g/mol. The number of methoxy groups -OCH3 is 1. The molecule has 3 aromatic rings. The number of hydrogen-bond acceptors (Lipinski definition) is 3. The van der Waals surface area contributed by atoms with Crippen LogP contribution in [0.4, 0.5) is 5.69 Å². The first-order valence-corrected chi connectivity index (χ1v) is 11.6. The van der Waals surface area contributed by atoms with Gasteiger partial charge in [0.25, 0.3) is 0 Å². The maximum atomic E-state index is 10.9. The zero-order valence-corrected chi connectivity index (χ0v) is 19.3. The molecule has 0 aliphatic heterocycles. The fourth-order valence-electron chi connectivity index (χ4n) is 4.00. The Kier molecular flexibility index (Phi) is 7.39. The first-order valence-electron chi connectivity index (χ1n) is 10.6. The van der Waals surface area contributed by atoms with Crippen LogP contribution in [0.3, 0.4) is 0 Å². The van der Waals surface area contributed by atoms with Gasteiger partial charge in [-0.3, -0.25) is 0 Å². The maximum Gasteiger partial charge on any atom is 0.161 e. The molecule has 4 heteroatoms. The monoisotopic (exact) mass is 421 g/mol. The molecular formula is C26H32NO2P. The van der Waals surface area contributed by atoms with Crippen LogP contribution in [0.2, 0.25) is 0 Å². The van der Waals surface area contributed by atoms with Crippen LogP contribution >= 0.6 is 8.58 Å². The zero-order chi connectivity index (χ0) is 21.6. The van der Waals surface area contributed by atoms with Crippen molar-refractivity contribution in [2.45, 2.75) is 45.3 Å². The van der Waals surface area contributed by atoms with Crippen molar-refractivity contribution in [2.24, 2.45) is 0 Å². The van der Waals surface area contributed by atoms with E-state index in [1.165, 1.54) is 16.4 Å². The minimum atomic E-state index is -0.133. The smallest absolute Gasteiger partial charge is 0.161 e. The Bertz CT molecular complexity index is 968. The molecule has 0 saturated heterocycles. The molecule has 1 atom stereocenters. The second-order valence-corrected chi connectivity index (χ2v) is 9.31. The quantitative estimate of drug-likeness (QED) is 0.396. The molecule has 3 rings (SSSR count). The summed E-state index contributed by atoms with van der Waals surface area (Å²) in [7, 11) is 2.15. The lowest BCUT2D eigenvalue weighted by atomic mass is 9.91. The van der Waals surface area contributed by atoms with E-state index in [2.05, 4.69) is 62.5 Å². The van der Waals surface area contributed by atoms with Crippen molar-refractivity contribution >= 4 is 19.6 Å². The van der Waals surface area contributed by atoms with Crippen molar-refractivity contribution in [3.05, 3.63) is 83.4 Å². The standard InChI is InChI=1S/C26H32NO2P/c1-5-26(6-2,22-16-11-17-23(29-4)24(22)28)30-25-19(3)12-10-13-20(25)18-27-21-14-8-7-9-15-21/h7-17,27-28,30H,5-6,18H2,1-4H3. The Morgan fingerprint density at radius 1 is 0.933 bits per heavy atom. The fourth-order valence-corrected chi connectivity index (χ4v) is 5.78. The molecule has 158 valence electrons. The number of anilines is 1. The highest BCUT2D eigenvalue weighted by Crippen LogP contribution is 2.52. The lowest BCUT2D eigenvalue weighted by Gasteiger charge is -2.35. The predicted octanol–water partition coefficient (Wildman–Crippen LogP) is 6.34. The molecule has 0 spiro atoms. The molecule has 0 radical (unpaired) electrons. The molecule has 0 aliphatic rings. The Labute approximate surface area is 182 Å². The number of ether oxygens (including phenoxy) is 1. The third kappa shape index (κ3) is 4.63. The van der Waals surface area contributed by atoms with Crippen molar-refractivity contribution < 1.29 is 9.84 Å². The summed E-state index contributed by atoms with van der Waals surface area (Å²) in [6.45, 7) is 7.41. The van der Waals surface area contributed by atoms with Crippen molar-refractivity contribution in [3.8, 4) is 11.5 Å². The van der Waals surface area contributed by atoms with Crippen LogP contribution in [0.5, 0.6) is 11.5 Å². The number of nitrogens with one attached hydrogen (secondary N) is 1. The van der Waals surface area contributed by atoms with Gasteiger partial charge in [-0.05, 0) is 54.4 Å². The van der Waals surface area contributed by atoms with Gasteiger partial charge in [-0.1, -0.05) is 71.0 Å². The molecule has 30 heavy (non-hydrogen) atoms. The van der Waals surface area contributed by atoms with Gasteiger partial charge in [-0.2, -0.15) is 0 Å². The minimum absolute atomic E-state index is 0.133. The first kappa shape index (κ1) is 22.2. The van der Waals surface area contributed by atoms with Crippen LogP contribution in [0.25, 0.3) is 0 Å². The molecule has 0 heterocycles. The van der Waals surface area contributed by atoms with Gasteiger partial charge in [0.15, 0.2) is 11.5 Å². The highest BCUT2D eigenvalue weighted by Gasteiger charge is 2.33. The summed E-state index contributed by atoms with van der Waals surface area (Å²) in [4.78, 5) is 0. The van der Waals surface area contributed by atoms with Crippen LogP contribution in [-0.2, 0) is 11.7 Å². The summed E-state index contributed by atoms with van der Waals surface area (Å²) >= 11 is 0. The SMILES string of the molecule is CCC(CC)(Pc1c(C)cccc1CNc1ccccc1)c1cccc(OC)c1O. The number of benzene rings is 3. The zero-order valence-electron chi connectivity index (χ0n) is 18.3. The van der Waals surface area contributed by atoms with E-state index >= 15 is 0 Å². The van der Waals surface area contributed by atoms with E-state index < -0.39 is 0 Å². The van der Waals surface area contributed by atoms with Crippen molar-refractivity contribution in [3.63, 3.8) is 0 Å². The predicted molar refractivity (Wildman–Crippen MR) is 130 cm³/mol. The van der Waals surface area contributed by atoms with Gasteiger partial charge in [0.1, 0.15) is 0 Å². The number of phenols is 1. The Morgan fingerprint density at radius 2 is 1.63 bits per heavy atom. The van der Waals surface area contributed by atoms with Gasteiger partial charge in [0, 0.05) is 23.0 Å². The summed E-state index contributed by atoms with van der Waals surface area (Å²) in [5, 5.41) is 15.7. The molecule has 0 aromatic heterocycles. The molecule has 0 fully saturated rings. The van der Waals surface area contributed by atoms with E-state index in [-0.39, 0.29) is 10.9 Å². The van der Waals surface area contributed by atoms with Crippen LogP contribution < -0.4 is 15.4 Å². The second-order valence-electron chi connectivity index (χ2n) is 7.60. The molecule has 3 aromatic carbocycles. The summed E-state index contributed by atoms with van der Waals surface area (Å²) in [6, 6.07) is 22.7. The summed E-state index contributed by atoms with van der Waals surface area (Å²) in [6.07, 6.45) is 1.89. The number of aromatic hydroxyl groups is 1. The van der Waals surface area contributed by atoms with E-state index in [1.54, 1.807) is 7.11 Å². The average Bonchev–Trinajstić information content (AvgIpc) is 2.78. The van der Waals surface area contributed by atoms with Crippen LogP contribution in [0.15, 0.2) is 66.7 Å². The van der Waals surface area contributed by atoms with Crippen LogP contribution in [0.1, 0.15) is 43.4 Å². The normalized spacial score (nSPS) is 11.7. The van der Waals surface area contributed by atoms with E-state index in [9.17, 15) is 5.11 Å². The van der Waals surface area contributed by atoms with Gasteiger partial charge < -0.3 is 15.2 Å². The van der Waals surface area contributed by atoms with Gasteiger partial charge in [0.05, 0.1) is 7.11 Å². The molecule has 0 aliphatic carbocycles. The van der Waals surface area contributed by atoms with Gasteiger partial charge in [0.2, 0.25) is 0 Å². The van der Waals surface area contributed by atoms with Crippen molar-refractivity contribution in [1.82, 2.24) is 0 Å². The lowest BCUT2D eigenvalue weighted by molar-refractivity contribution is 0.365. The van der Waals surface area contributed by atoms with Crippen molar-refractivity contribution in [2.75, 3.05) is 12.4 Å².